The number of para-hydroxylation sites is 1. The zero-order chi connectivity index (χ0) is 18.0. The first-order chi connectivity index (χ1) is 12.0. The second-order valence-electron chi connectivity index (χ2n) is 5.99. The van der Waals surface area contributed by atoms with Crippen LogP contribution in [0.2, 0.25) is 0 Å². The minimum atomic E-state index is -0.222. The van der Waals surface area contributed by atoms with Crippen molar-refractivity contribution in [1.82, 2.24) is 14.3 Å². The van der Waals surface area contributed by atoms with E-state index in [2.05, 4.69) is 14.4 Å². The summed E-state index contributed by atoms with van der Waals surface area (Å²) in [7, 11) is 1.39. The van der Waals surface area contributed by atoms with E-state index < -0.39 is 0 Å². The van der Waals surface area contributed by atoms with Crippen LogP contribution in [0.25, 0.3) is 16.5 Å². The van der Waals surface area contributed by atoms with Gasteiger partial charge in [0.05, 0.1) is 24.4 Å². The number of rotatable bonds is 5. The molecule has 2 aromatic heterocycles. The molecule has 6 heteroatoms. The molecule has 3 aromatic rings. The van der Waals surface area contributed by atoms with Gasteiger partial charge in [0, 0.05) is 29.7 Å². The van der Waals surface area contributed by atoms with Crippen LogP contribution in [0, 0.1) is 13.8 Å². The van der Waals surface area contributed by atoms with Crippen molar-refractivity contribution in [3.63, 3.8) is 0 Å². The van der Waals surface area contributed by atoms with E-state index >= 15 is 0 Å². The Hall–Kier alpha value is -2.89. The number of aromatic nitrogens is 3. The van der Waals surface area contributed by atoms with Crippen LogP contribution < -0.4 is 5.56 Å². The maximum atomic E-state index is 13.0. The summed E-state index contributed by atoms with van der Waals surface area (Å²) in [6, 6.07) is 9.37. The summed E-state index contributed by atoms with van der Waals surface area (Å²) >= 11 is 0. The van der Waals surface area contributed by atoms with Crippen LogP contribution in [-0.4, -0.2) is 27.4 Å². The number of nitrogens with zero attached hydrogens (tertiary/aromatic N) is 3. The van der Waals surface area contributed by atoms with Crippen LogP contribution in [0.4, 0.5) is 0 Å². The molecular formula is C19H21N3O3. The van der Waals surface area contributed by atoms with Gasteiger partial charge in [0.1, 0.15) is 0 Å². The fourth-order valence-corrected chi connectivity index (χ4v) is 3.18. The monoisotopic (exact) mass is 339 g/mol. The first-order valence-corrected chi connectivity index (χ1v) is 8.24. The van der Waals surface area contributed by atoms with E-state index in [4.69, 9.17) is 0 Å². The van der Waals surface area contributed by atoms with Crippen LogP contribution in [0.3, 0.4) is 0 Å². The van der Waals surface area contributed by atoms with Gasteiger partial charge in [-0.05, 0) is 32.4 Å². The van der Waals surface area contributed by atoms with E-state index in [0.717, 1.165) is 22.5 Å². The lowest BCUT2D eigenvalue weighted by Crippen LogP contribution is -2.21. The topological polar surface area (TPSA) is 66.1 Å². The van der Waals surface area contributed by atoms with Gasteiger partial charge in [0.25, 0.3) is 5.56 Å². The Morgan fingerprint density at radius 3 is 2.56 bits per heavy atom. The number of carbonyl (C=O) groups excluding carboxylic acids is 1. The summed E-state index contributed by atoms with van der Waals surface area (Å²) in [5, 5.41) is 5.86. The Balaban J connectivity index is 2.03. The van der Waals surface area contributed by atoms with Crippen LogP contribution in [-0.2, 0) is 16.1 Å². The highest BCUT2D eigenvalue weighted by Gasteiger charge is 2.16. The number of ether oxygens (including phenoxy) is 1. The highest BCUT2D eigenvalue weighted by Crippen LogP contribution is 2.23. The van der Waals surface area contributed by atoms with E-state index in [1.165, 1.54) is 11.8 Å². The zero-order valence-electron chi connectivity index (χ0n) is 14.7. The van der Waals surface area contributed by atoms with Gasteiger partial charge in [0.2, 0.25) is 0 Å². The van der Waals surface area contributed by atoms with Crippen molar-refractivity contribution in [3.05, 3.63) is 58.3 Å². The number of aryl methyl sites for hydroxylation is 2. The van der Waals surface area contributed by atoms with Crippen LogP contribution in [0.15, 0.2) is 41.3 Å². The van der Waals surface area contributed by atoms with E-state index in [1.807, 2.05) is 44.2 Å². The number of benzene rings is 1. The predicted octanol–water partition coefficient (Wildman–Crippen LogP) is 2.76. The van der Waals surface area contributed by atoms with E-state index in [-0.39, 0.29) is 11.5 Å². The molecule has 0 saturated heterocycles. The van der Waals surface area contributed by atoms with Crippen LogP contribution in [0.1, 0.15) is 24.2 Å². The maximum absolute atomic E-state index is 13.0. The molecule has 0 aliphatic rings. The zero-order valence-corrected chi connectivity index (χ0v) is 14.7. The molecule has 0 bridgehead atoms. The first kappa shape index (κ1) is 17.0. The summed E-state index contributed by atoms with van der Waals surface area (Å²) in [5.41, 5.74) is 2.50. The summed E-state index contributed by atoms with van der Waals surface area (Å²) in [6.07, 6.45) is 2.76. The normalized spacial score (nSPS) is 11.0. The van der Waals surface area contributed by atoms with Crippen molar-refractivity contribution in [2.24, 2.45) is 0 Å². The molecule has 1 aromatic carbocycles. The standard InChI is InChI=1S/C19H21N3O3/c1-13-16-12-20-22(15-8-5-4-6-9-15)19(24)18(16)14(2)21(13)11-7-10-17(23)25-3/h4-6,8-9,12H,7,10-11H2,1-3H3. The van der Waals surface area contributed by atoms with Crippen LogP contribution >= 0.6 is 0 Å². The van der Waals surface area contributed by atoms with Gasteiger partial charge in [-0.15, -0.1) is 0 Å². The van der Waals surface area contributed by atoms with E-state index in [0.29, 0.717) is 24.8 Å². The largest absolute Gasteiger partial charge is 0.469 e. The molecule has 0 N–H and O–H groups in total. The number of carbonyl (C=O) groups is 1. The Labute approximate surface area is 145 Å². The summed E-state index contributed by atoms with van der Waals surface area (Å²) < 4.78 is 8.18. The van der Waals surface area contributed by atoms with Gasteiger partial charge in [-0.3, -0.25) is 9.59 Å². The molecular weight excluding hydrogens is 318 g/mol. The van der Waals surface area contributed by atoms with Crippen molar-refractivity contribution in [1.29, 1.82) is 0 Å². The quantitative estimate of drug-likeness (QED) is 0.671. The molecule has 6 nitrogen and oxygen atoms in total. The number of fused-ring (bicyclic) bond motifs is 1. The van der Waals surface area contributed by atoms with Crippen molar-refractivity contribution in [2.75, 3.05) is 7.11 Å². The molecule has 0 fully saturated rings. The van der Waals surface area contributed by atoms with E-state index in [9.17, 15) is 9.59 Å². The van der Waals surface area contributed by atoms with Gasteiger partial charge >= 0.3 is 5.97 Å². The number of methoxy groups -OCH3 is 1. The molecule has 0 aliphatic carbocycles. The predicted molar refractivity (Wildman–Crippen MR) is 96.1 cm³/mol. The molecule has 2 heterocycles. The van der Waals surface area contributed by atoms with Gasteiger partial charge in [-0.1, -0.05) is 18.2 Å². The minimum Gasteiger partial charge on any atom is -0.469 e. The lowest BCUT2D eigenvalue weighted by Gasteiger charge is -2.08. The Bertz CT molecular complexity index is 971. The smallest absolute Gasteiger partial charge is 0.305 e. The molecule has 0 amide bonds. The third-order valence-electron chi connectivity index (χ3n) is 4.53. The molecule has 0 atom stereocenters. The lowest BCUT2D eigenvalue weighted by atomic mass is 10.2. The first-order valence-electron chi connectivity index (χ1n) is 8.24. The Morgan fingerprint density at radius 2 is 1.88 bits per heavy atom. The fourth-order valence-electron chi connectivity index (χ4n) is 3.18. The van der Waals surface area contributed by atoms with E-state index in [1.54, 1.807) is 6.20 Å². The third-order valence-corrected chi connectivity index (χ3v) is 4.53. The van der Waals surface area contributed by atoms with Crippen molar-refractivity contribution in [2.45, 2.75) is 33.2 Å². The molecule has 0 unspecified atom stereocenters. The average molecular weight is 339 g/mol. The summed E-state index contributed by atoms with van der Waals surface area (Å²) in [6.45, 7) is 4.57. The third kappa shape index (κ3) is 3.07. The van der Waals surface area contributed by atoms with Crippen molar-refractivity contribution >= 4 is 16.7 Å². The van der Waals surface area contributed by atoms with Crippen LogP contribution in [0.5, 0.6) is 0 Å². The Morgan fingerprint density at radius 1 is 1.16 bits per heavy atom. The van der Waals surface area contributed by atoms with Gasteiger partial charge in [0.15, 0.2) is 0 Å². The molecule has 3 rings (SSSR count). The number of hydrogen-bond donors (Lipinski definition) is 0. The highest BCUT2D eigenvalue weighted by molar-refractivity contribution is 5.87. The average Bonchev–Trinajstić information content (AvgIpc) is 2.87. The van der Waals surface area contributed by atoms with Gasteiger partial charge in [-0.25, -0.2) is 0 Å². The second kappa shape index (κ2) is 6.93. The van der Waals surface area contributed by atoms with Gasteiger partial charge in [-0.2, -0.15) is 9.78 Å². The Kier molecular flexibility index (Phi) is 4.70. The highest BCUT2D eigenvalue weighted by atomic mass is 16.5. The van der Waals surface area contributed by atoms with Gasteiger partial charge < -0.3 is 9.30 Å². The summed E-state index contributed by atoms with van der Waals surface area (Å²) in [4.78, 5) is 24.3. The molecule has 0 aliphatic heterocycles. The second-order valence-corrected chi connectivity index (χ2v) is 5.99. The molecule has 0 saturated carbocycles. The maximum Gasteiger partial charge on any atom is 0.305 e. The molecule has 0 spiro atoms. The summed E-state index contributed by atoms with van der Waals surface area (Å²) in [5.74, 6) is -0.222. The lowest BCUT2D eigenvalue weighted by molar-refractivity contribution is -0.140. The molecule has 25 heavy (non-hydrogen) atoms. The van der Waals surface area contributed by atoms with Crippen molar-refractivity contribution < 1.29 is 9.53 Å². The minimum absolute atomic E-state index is 0.129. The molecule has 130 valence electrons. The van der Waals surface area contributed by atoms with Crippen molar-refractivity contribution in [3.8, 4) is 5.69 Å². The molecule has 0 radical (unpaired) electrons. The SMILES string of the molecule is COC(=O)CCCn1c(C)c2cnn(-c3ccccc3)c(=O)c2c1C. The number of esters is 1. The fraction of sp³-hybridized carbons (Fsp3) is 0.316. The number of hydrogen-bond acceptors (Lipinski definition) is 4.